The van der Waals surface area contributed by atoms with E-state index in [4.69, 9.17) is 0 Å². The molecule has 0 saturated heterocycles. The van der Waals surface area contributed by atoms with Gasteiger partial charge in [-0.15, -0.1) is 0 Å². The van der Waals surface area contributed by atoms with Gasteiger partial charge in [0.25, 0.3) is 0 Å². The van der Waals surface area contributed by atoms with E-state index in [9.17, 15) is 4.79 Å². The molecule has 0 saturated carbocycles. The third-order valence-electron chi connectivity index (χ3n) is 2.97. The highest BCUT2D eigenvalue weighted by atomic mass is 32.1. The van der Waals surface area contributed by atoms with Crippen molar-refractivity contribution in [3.63, 3.8) is 0 Å². The standard InChI is InChI=1S/C15H18N2OS/c1-4-5-12-6-8-13(9-7-12)16-15-14(11(3)18)10(2)17-19-15/h6-9,16H,4-5H2,1-3H3. The van der Waals surface area contributed by atoms with E-state index in [-0.39, 0.29) is 5.78 Å². The third-order valence-corrected chi connectivity index (χ3v) is 3.82. The van der Waals surface area contributed by atoms with E-state index in [1.165, 1.54) is 17.1 Å². The average Bonchev–Trinajstić information content (AvgIpc) is 2.73. The number of nitrogens with zero attached hydrogens (tertiary/aromatic N) is 1. The summed E-state index contributed by atoms with van der Waals surface area (Å²) in [6.07, 6.45) is 2.24. The van der Waals surface area contributed by atoms with Crippen LogP contribution in [0.15, 0.2) is 24.3 Å². The van der Waals surface area contributed by atoms with Gasteiger partial charge in [-0.25, -0.2) is 0 Å². The summed E-state index contributed by atoms with van der Waals surface area (Å²) in [6, 6.07) is 8.33. The van der Waals surface area contributed by atoms with Crippen LogP contribution >= 0.6 is 11.5 Å². The van der Waals surface area contributed by atoms with Crippen molar-refractivity contribution in [2.75, 3.05) is 5.32 Å². The monoisotopic (exact) mass is 274 g/mol. The minimum Gasteiger partial charge on any atom is -0.345 e. The Morgan fingerprint density at radius 1 is 1.32 bits per heavy atom. The van der Waals surface area contributed by atoms with Crippen LogP contribution in [0.3, 0.4) is 0 Å². The normalized spacial score (nSPS) is 10.5. The summed E-state index contributed by atoms with van der Waals surface area (Å²) in [4.78, 5) is 11.6. The number of carbonyl (C=O) groups is 1. The number of nitrogens with one attached hydrogen (secondary N) is 1. The number of aromatic nitrogens is 1. The van der Waals surface area contributed by atoms with Gasteiger partial charge in [0.2, 0.25) is 0 Å². The van der Waals surface area contributed by atoms with Crippen molar-refractivity contribution < 1.29 is 4.79 Å². The molecule has 0 radical (unpaired) electrons. The molecule has 4 heteroatoms. The van der Waals surface area contributed by atoms with Crippen LogP contribution in [0, 0.1) is 6.92 Å². The average molecular weight is 274 g/mol. The molecule has 100 valence electrons. The largest absolute Gasteiger partial charge is 0.345 e. The summed E-state index contributed by atoms with van der Waals surface area (Å²) < 4.78 is 4.24. The first-order valence-electron chi connectivity index (χ1n) is 6.45. The molecule has 0 bridgehead atoms. The zero-order valence-electron chi connectivity index (χ0n) is 11.5. The van der Waals surface area contributed by atoms with E-state index in [0.717, 1.165) is 29.2 Å². The topological polar surface area (TPSA) is 42.0 Å². The van der Waals surface area contributed by atoms with Crippen LogP contribution in [-0.2, 0) is 6.42 Å². The fraction of sp³-hybridized carbons (Fsp3) is 0.333. The Morgan fingerprint density at radius 2 is 2.00 bits per heavy atom. The molecular formula is C15H18N2OS. The van der Waals surface area contributed by atoms with Crippen molar-refractivity contribution in [2.45, 2.75) is 33.6 Å². The predicted molar refractivity (Wildman–Crippen MR) is 80.6 cm³/mol. The summed E-state index contributed by atoms with van der Waals surface area (Å²) in [5, 5.41) is 4.11. The number of aryl methyl sites for hydroxylation is 2. The predicted octanol–water partition coefficient (Wildman–Crippen LogP) is 4.35. The molecule has 0 aliphatic heterocycles. The summed E-state index contributed by atoms with van der Waals surface area (Å²) in [6.45, 7) is 5.61. The van der Waals surface area contributed by atoms with Crippen LogP contribution < -0.4 is 5.32 Å². The van der Waals surface area contributed by atoms with Crippen molar-refractivity contribution in [1.29, 1.82) is 0 Å². The lowest BCUT2D eigenvalue weighted by Crippen LogP contribution is -1.98. The van der Waals surface area contributed by atoms with E-state index in [1.807, 2.05) is 19.1 Å². The first-order valence-corrected chi connectivity index (χ1v) is 7.22. The molecule has 3 nitrogen and oxygen atoms in total. The zero-order valence-corrected chi connectivity index (χ0v) is 12.3. The second-order valence-electron chi connectivity index (χ2n) is 4.60. The number of anilines is 2. The highest BCUT2D eigenvalue weighted by Crippen LogP contribution is 2.28. The van der Waals surface area contributed by atoms with Crippen LogP contribution in [0.1, 0.15) is 41.9 Å². The first kappa shape index (κ1) is 13.7. The minimum absolute atomic E-state index is 0.0522. The van der Waals surface area contributed by atoms with Gasteiger partial charge in [0.05, 0.1) is 11.3 Å². The van der Waals surface area contributed by atoms with E-state index in [2.05, 4.69) is 28.7 Å². The highest BCUT2D eigenvalue weighted by molar-refractivity contribution is 7.10. The van der Waals surface area contributed by atoms with Gasteiger partial charge in [-0.3, -0.25) is 4.79 Å². The van der Waals surface area contributed by atoms with Crippen molar-refractivity contribution in [3.8, 4) is 0 Å². The van der Waals surface area contributed by atoms with Crippen molar-refractivity contribution in [3.05, 3.63) is 41.1 Å². The van der Waals surface area contributed by atoms with Crippen molar-refractivity contribution >= 4 is 28.0 Å². The first-order chi connectivity index (χ1) is 9.11. The summed E-state index contributed by atoms with van der Waals surface area (Å²) in [5.41, 5.74) is 3.82. The van der Waals surface area contributed by atoms with E-state index < -0.39 is 0 Å². The van der Waals surface area contributed by atoms with Gasteiger partial charge in [-0.1, -0.05) is 25.5 Å². The fourth-order valence-electron chi connectivity index (χ4n) is 2.04. The second-order valence-corrected chi connectivity index (χ2v) is 5.37. The highest BCUT2D eigenvalue weighted by Gasteiger charge is 2.14. The van der Waals surface area contributed by atoms with E-state index in [0.29, 0.717) is 5.56 Å². The molecular weight excluding hydrogens is 256 g/mol. The van der Waals surface area contributed by atoms with E-state index >= 15 is 0 Å². The summed E-state index contributed by atoms with van der Waals surface area (Å²) >= 11 is 1.33. The molecule has 19 heavy (non-hydrogen) atoms. The third kappa shape index (κ3) is 3.20. The maximum absolute atomic E-state index is 11.6. The molecule has 1 aromatic carbocycles. The lowest BCUT2D eigenvalue weighted by molar-refractivity contribution is 0.101. The van der Waals surface area contributed by atoms with Crippen LogP contribution in [0.25, 0.3) is 0 Å². The zero-order chi connectivity index (χ0) is 13.8. The molecule has 0 atom stereocenters. The maximum atomic E-state index is 11.6. The summed E-state index contributed by atoms with van der Waals surface area (Å²) in [7, 11) is 0. The molecule has 2 aromatic rings. The Hall–Kier alpha value is -1.68. The second kappa shape index (κ2) is 5.97. The Morgan fingerprint density at radius 3 is 2.58 bits per heavy atom. The molecule has 2 rings (SSSR count). The lowest BCUT2D eigenvalue weighted by Gasteiger charge is -2.06. The van der Waals surface area contributed by atoms with Gasteiger partial charge in [0, 0.05) is 5.69 Å². The minimum atomic E-state index is 0.0522. The molecule has 1 N–H and O–H groups in total. The van der Waals surface area contributed by atoms with Crippen LogP contribution in [0.4, 0.5) is 10.7 Å². The van der Waals surface area contributed by atoms with Crippen LogP contribution in [0.2, 0.25) is 0 Å². The maximum Gasteiger partial charge on any atom is 0.164 e. The van der Waals surface area contributed by atoms with Gasteiger partial charge in [-0.05, 0) is 49.5 Å². The Bertz CT molecular complexity index is 572. The molecule has 0 aliphatic rings. The smallest absolute Gasteiger partial charge is 0.164 e. The Labute approximate surface area is 117 Å². The van der Waals surface area contributed by atoms with Crippen molar-refractivity contribution in [1.82, 2.24) is 4.37 Å². The number of carbonyl (C=O) groups excluding carboxylic acids is 1. The number of rotatable bonds is 5. The lowest BCUT2D eigenvalue weighted by atomic mass is 10.1. The molecule has 0 aliphatic carbocycles. The van der Waals surface area contributed by atoms with Crippen molar-refractivity contribution in [2.24, 2.45) is 0 Å². The number of ketones is 1. The number of Topliss-reactive ketones (excluding diaryl/α,β-unsaturated/α-hetero) is 1. The number of benzene rings is 1. The molecule has 0 spiro atoms. The van der Waals surface area contributed by atoms with Gasteiger partial charge < -0.3 is 5.32 Å². The molecule has 0 amide bonds. The Kier molecular flexibility index (Phi) is 4.32. The molecule has 0 unspecified atom stereocenters. The quantitative estimate of drug-likeness (QED) is 0.824. The molecule has 0 fully saturated rings. The fourth-order valence-corrected chi connectivity index (χ4v) is 2.91. The summed E-state index contributed by atoms with van der Waals surface area (Å²) in [5.74, 6) is 0.0522. The van der Waals surface area contributed by atoms with Crippen LogP contribution in [-0.4, -0.2) is 10.2 Å². The van der Waals surface area contributed by atoms with Gasteiger partial charge in [0.15, 0.2) is 5.78 Å². The van der Waals surface area contributed by atoms with Gasteiger partial charge in [-0.2, -0.15) is 4.37 Å². The molecule has 1 aromatic heterocycles. The van der Waals surface area contributed by atoms with Crippen LogP contribution in [0.5, 0.6) is 0 Å². The SMILES string of the molecule is CCCc1ccc(Nc2snc(C)c2C(C)=O)cc1. The Balaban J connectivity index is 2.19. The number of hydrogen-bond donors (Lipinski definition) is 1. The van der Waals surface area contributed by atoms with Gasteiger partial charge >= 0.3 is 0 Å². The van der Waals surface area contributed by atoms with Gasteiger partial charge in [0.1, 0.15) is 5.00 Å². The van der Waals surface area contributed by atoms with E-state index in [1.54, 1.807) is 6.92 Å². The number of hydrogen-bond acceptors (Lipinski definition) is 4. The molecule has 1 heterocycles.